The molecule has 34 heavy (non-hydrogen) atoms. The van der Waals surface area contributed by atoms with Gasteiger partial charge in [-0.2, -0.15) is 0 Å². The maximum absolute atomic E-state index is 13.5. The second kappa shape index (κ2) is 12.4. The van der Waals surface area contributed by atoms with Crippen molar-refractivity contribution in [2.45, 2.75) is 25.5 Å². The summed E-state index contributed by atoms with van der Waals surface area (Å²) in [5.74, 6) is -1.07. The van der Waals surface area contributed by atoms with E-state index in [9.17, 15) is 14.4 Å². The number of carbonyl (C=O) groups excluding carboxylic acids is 3. The molecule has 178 valence electrons. The molecule has 3 rings (SSSR count). The summed E-state index contributed by atoms with van der Waals surface area (Å²) in [5.41, 5.74) is 1.86. The lowest BCUT2D eigenvalue weighted by Crippen LogP contribution is -2.47. The highest BCUT2D eigenvalue weighted by atomic mass is 16.6. The van der Waals surface area contributed by atoms with Gasteiger partial charge in [-0.25, -0.2) is 14.5 Å². The Bertz CT molecular complexity index is 993. The van der Waals surface area contributed by atoms with Crippen LogP contribution in [0.25, 0.3) is 0 Å². The number of benzene rings is 2. The molecule has 2 aromatic carbocycles. The molecule has 0 radical (unpaired) electrons. The van der Waals surface area contributed by atoms with Crippen LogP contribution in [-0.4, -0.2) is 53.6 Å². The quantitative estimate of drug-likeness (QED) is 0.457. The summed E-state index contributed by atoms with van der Waals surface area (Å²) in [5, 5.41) is 0. The lowest BCUT2D eigenvalue weighted by molar-refractivity contribution is -0.133. The summed E-state index contributed by atoms with van der Waals surface area (Å²) in [6, 6.07) is 18.6. The number of hydrogen-bond acceptors (Lipinski definition) is 5. The number of hydrogen-bond donors (Lipinski definition) is 0. The summed E-state index contributed by atoms with van der Waals surface area (Å²) in [6.07, 6.45) is 2.74. The van der Waals surface area contributed by atoms with E-state index in [1.807, 2.05) is 60.7 Å². The van der Waals surface area contributed by atoms with Crippen LogP contribution in [0.5, 0.6) is 0 Å². The van der Waals surface area contributed by atoms with Gasteiger partial charge in [0.2, 0.25) is 5.91 Å². The molecule has 2 atom stereocenters. The fraction of sp³-hybridized carbons (Fsp3) is 0.296. The smallest absolute Gasteiger partial charge is 0.416 e. The van der Waals surface area contributed by atoms with Crippen LogP contribution in [0.3, 0.4) is 0 Å². The average molecular weight is 463 g/mol. The van der Waals surface area contributed by atoms with Crippen LogP contribution in [0.4, 0.5) is 9.59 Å². The zero-order valence-corrected chi connectivity index (χ0v) is 19.2. The number of allylic oxidation sites excluding steroid dienone is 1. The van der Waals surface area contributed by atoms with Crippen LogP contribution >= 0.6 is 0 Å². The predicted molar refractivity (Wildman–Crippen MR) is 129 cm³/mol. The summed E-state index contributed by atoms with van der Waals surface area (Å²) >= 11 is 0. The molecule has 0 bridgehead atoms. The van der Waals surface area contributed by atoms with Gasteiger partial charge in [-0.05, 0) is 24.0 Å². The zero-order valence-electron chi connectivity index (χ0n) is 19.2. The Labute approximate surface area is 200 Å². The Kier molecular flexibility index (Phi) is 9.03. The molecule has 2 aromatic rings. The molecular weight excluding hydrogens is 432 g/mol. The van der Waals surface area contributed by atoms with Crippen molar-refractivity contribution in [2.75, 3.05) is 19.7 Å². The summed E-state index contributed by atoms with van der Waals surface area (Å²) in [4.78, 5) is 41.3. The van der Waals surface area contributed by atoms with Gasteiger partial charge in [0.15, 0.2) is 0 Å². The third kappa shape index (κ3) is 6.57. The number of cyclic esters (lactones) is 1. The Morgan fingerprint density at radius 1 is 1.06 bits per heavy atom. The van der Waals surface area contributed by atoms with E-state index >= 15 is 0 Å². The normalized spacial score (nSPS) is 15.8. The molecule has 1 fully saturated rings. The van der Waals surface area contributed by atoms with Crippen molar-refractivity contribution < 1.29 is 23.9 Å². The molecule has 7 heteroatoms. The van der Waals surface area contributed by atoms with Crippen molar-refractivity contribution in [1.29, 1.82) is 0 Å². The van der Waals surface area contributed by atoms with Gasteiger partial charge in [0.25, 0.3) is 0 Å². The van der Waals surface area contributed by atoms with Gasteiger partial charge in [0.05, 0.1) is 12.0 Å². The minimum absolute atomic E-state index is 0.0618. The predicted octanol–water partition coefficient (Wildman–Crippen LogP) is 4.59. The number of amides is 3. The maximum Gasteiger partial charge on any atom is 0.416 e. The molecule has 0 aromatic heterocycles. The van der Waals surface area contributed by atoms with Crippen molar-refractivity contribution >= 4 is 18.1 Å². The Hall–Kier alpha value is -3.87. The molecule has 1 heterocycles. The number of nitrogens with zero attached hydrogens (tertiary/aromatic N) is 2. The van der Waals surface area contributed by atoms with E-state index in [0.717, 1.165) is 11.1 Å². The van der Waals surface area contributed by atoms with Crippen molar-refractivity contribution in [3.63, 3.8) is 0 Å². The third-order valence-electron chi connectivity index (χ3n) is 5.57. The van der Waals surface area contributed by atoms with E-state index in [4.69, 9.17) is 9.47 Å². The first-order chi connectivity index (χ1) is 16.5. The molecule has 1 aliphatic rings. The van der Waals surface area contributed by atoms with Crippen LogP contribution in [0.15, 0.2) is 86.0 Å². The van der Waals surface area contributed by atoms with Crippen molar-refractivity contribution in [2.24, 2.45) is 5.92 Å². The molecule has 1 aliphatic heterocycles. The average Bonchev–Trinajstić information content (AvgIpc) is 3.22. The first-order valence-corrected chi connectivity index (χ1v) is 11.2. The van der Waals surface area contributed by atoms with Gasteiger partial charge in [0.1, 0.15) is 13.2 Å². The summed E-state index contributed by atoms with van der Waals surface area (Å²) < 4.78 is 10.7. The van der Waals surface area contributed by atoms with Crippen molar-refractivity contribution in [3.8, 4) is 0 Å². The first kappa shape index (κ1) is 24.8. The highest BCUT2D eigenvalue weighted by Crippen LogP contribution is 2.22. The van der Waals surface area contributed by atoms with E-state index in [-0.39, 0.29) is 26.3 Å². The Balaban J connectivity index is 1.70. The van der Waals surface area contributed by atoms with Gasteiger partial charge >= 0.3 is 12.2 Å². The highest BCUT2D eigenvalue weighted by Gasteiger charge is 2.41. The topological polar surface area (TPSA) is 76.2 Å². The second-order valence-corrected chi connectivity index (χ2v) is 8.08. The van der Waals surface area contributed by atoms with Crippen LogP contribution in [0.2, 0.25) is 0 Å². The van der Waals surface area contributed by atoms with Crippen LogP contribution < -0.4 is 0 Å². The number of carbonyl (C=O) groups is 3. The minimum atomic E-state index is -0.675. The van der Waals surface area contributed by atoms with E-state index in [2.05, 4.69) is 13.2 Å². The number of imide groups is 1. The van der Waals surface area contributed by atoms with E-state index in [1.54, 1.807) is 12.2 Å². The van der Waals surface area contributed by atoms with Crippen LogP contribution in [0.1, 0.15) is 17.5 Å². The number of ether oxygens (including phenoxy) is 2. The maximum atomic E-state index is 13.5. The number of rotatable bonds is 11. The first-order valence-electron chi connectivity index (χ1n) is 11.2. The molecular formula is C27H30N2O5. The molecule has 3 amide bonds. The standard InChI is InChI=1S/C27H30N2O5/c1-3-11-23(18-28(16-4-2)26(31)33-19-22-14-9-6-10-15-22)25(30)29-24(20-34-27(29)32)17-21-12-7-5-8-13-21/h3-10,12-15,23-24H,1-2,11,16-20H2/t23-,24-/m1/s1. The largest absolute Gasteiger partial charge is 0.447 e. The van der Waals surface area contributed by atoms with Gasteiger partial charge in [-0.15, -0.1) is 13.2 Å². The third-order valence-corrected chi connectivity index (χ3v) is 5.57. The van der Waals surface area contributed by atoms with Crippen LogP contribution in [-0.2, 0) is 27.3 Å². The Morgan fingerprint density at radius 3 is 2.32 bits per heavy atom. The summed E-state index contributed by atoms with van der Waals surface area (Å²) in [7, 11) is 0. The SMILES string of the molecule is C=CC[C@H](CN(CC=C)C(=O)OCc1ccccc1)C(=O)N1C(=O)OC[C@H]1Cc1ccccc1. The molecule has 7 nitrogen and oxygen atoms in total. The zero-order chi connectivity index (χ0) is 24.3. The molecule has 0 saturated carbocycles. The van der Waals surface area contributed by atoms with Gasteiger partial charge in [-0.3, -0.25) is 4.79 Å². The van der Waals surface area contributed by atoms with E-state index < -0.39 is 30.1 Å². The molecule has 0 N–H and O–H groups in total. The second-order valence-electron chi connectivity index (χ2n) is 8.08. The summed E-state index contributed by atoms with van der Waals surface area (Å²) in [6.45, 7) is 7.97. The van der Waals surface area contributed by atoms with Crippen LogP contribution in [0, 0.1) is 5.92 Å². The van der Waals surface area contributed by atoms with Crippen molar-refractivity contribution in [3.05, 3.63) is 97.1 Å². The molecule has 0 unspecified atom stereocenters. The lowest BCUT2D eigenvalue weighted by Gasteiger charge is -2.28. The van der Waals surface area contributed by atoms with Gasteiger partial charge in [-0.1, -0.05) is 72.8 Å². The monoisotopic (exact) mass is 462 g/mol. The Morgan fingerprint density at radius 2 is 1.71 bits per heavy atom. The highest BCUT2D eigenvalue weighted by molar-refractivity contribution is 5.95. The minimum Gasteiger partial charge on any atom is -0.447 e. The lowest BCUT2D eigenvalue weighted by atomic mass is 10.00. The molecule has 0 spiro atoms. The van der Waals surface area contributed by atoms with Crippen molar-refractivity contribution in [1.82, 2.24) is 9.80 Å². The fourth-order valence-corrected chi connectivity index (χ4v) is 3.87. The fourth-order valence-electron chi connectivity index (χ4n) is 3.87. The molecule has 0 aliphatic carbocycles. The molecule has 1 saturated heterocycles. The van der Waals surface area contributed by atoms with Gasteiger partial charge < -0.3 is 14.4 Å². The van der Waals surface area contributed by atoms with Gasteiger partial charge in [0, 0.05) is 13.1 Å². The van der Waals surface area contributed by atoms with E-state index in [0.29, 0.717) is 12.8 Å². The van der Waals surface area contributed by atoms with E-state index in [1.165, 1.54) is 9.80 Å².